The third kappa shape index (κ3) is 3.51. The Morgan fingerprint density at radius 2 is 1.45 bits per heavy atom. The summed E-state index contributed by atoms with van der Waals surface area (Å²) in [6, 6.07) is 0.585. The zero-order valence-electron chi connectivity index (χ0n) is 12.5. The van der Waals surface area contributed by atoms with Crippen molar-refractivity contribution >= 4 is 11.9 Å². The Morgan fingerprint density at radius 3 is 1.90 bits per heavy atom. The van der Waals surface area contributed by atoms with E-state index in [1.54, 1.807) is 0 Å². The molecule has 1 N–H and O–H groups in total. The molecule has 1 heterocycles. The summed E-state index contributed by atoms with van der Waals surface area (Å²) in [7, 11) is 4.19. The minimum Gasteiger partial charge on any atom is -0.481 e. The lowest BCUT2D eigenvalue weighted by Gasteiger charge is -2.37. The fourth-order valence-corrected chi connectivity index (χ4v) is 3.45. The summed E-state index contributed by atoms with van der Waals surface area (Å²) >= 11 is 0. The van der Waals surface area contributed by atoms with Gasteiger partial charge < -0.3 is 14.9 Å². The van der Waals surface area contributed by atoms with Crippen LogP contribution < -0.4 is 0 Å². The fourth-order valence-electron chi connectivity index (χ4n) is 3.45. The Kier molecular flexibility index (Phi) is 5.02. The van der Waals surface area contributed by atoms with E-state index in [1.165, 1.54) is 0 Å². The van der Waals surface area contributed by atoms with Crippen LogP contribution in [0.3, 0.4) is 0 Å². The molecule has 5 heteroatoms. The van der Waals surface area contributed by atoms with Crippen LogP contribution in [0, 0.1) is 11.8 Å². The molecule has 114 valence electrons. The van der Waals surface area contributed by atoms with E-state index >= 15 is 0 Å². The third-order valence-electron chi connectivity index (χ3n) is 4.93. The molecule has 0 aromatic heterocycles. The van der Waals surface area contributed by atoms with Gasteiger partial charge in [-0.15, -0.1) is 0 Å². The predicted molar refractivity (Wildman–Crippen MR) is 76.4 cm³/mol. The first-order valence-corrected chi connectivity index (χ1v) is 7.67. The van der Waals surface area contributed by atoms with Gasteiger partial charge in [0.2, 0.25) is 5.91 Å². The molecule has 0 spiro atoms. The summed E-state index contributed by atoms with van der Waals surface area (Å²) in [5, 5.41) is 8.99. The van der Waals surface area contributed by atoms with Gasteiger partial charge in [0.1, 0.15) is 0 Å². The molecular formula is C15H26N2O3. The van der Waals surface area contributed by atoms with Crippen LogP contribution in [0.1, 0.15) is 38.5 Å². The van der Waals surface area contributed by atoms with E-state index in [0.717, 1.165) is 38.8 Å². The van der Waals surface area contributed by atoms with E-state index in [-0.39, 0.29) is 17.7 Å². The first kappa shape index (κ1) is 15.3. The fraction of sp³-hybridized carbons (Fsp3) is 0.867. The molecule has 2 rings (SSSR count). The number of carbonyl (C=O) groups is 2. The van der Waals surface area contributed by atoms with Gasteiger partial charge in [-0.25, -0.2) is 0 Å². The van der Waals surface area contributed by atoms with Crippen molar-refractivity contribution in [3.05, 3.63) is 0 Å². The highest BCUT2D eigenvalue weighted by Gasteiger charge is 2.33. The Labute approximate surface area is 120 Å². The van der Waals surface area contributed by atoms with Crippen molar-refractivity contribution in [2.75, 3.05) is 27.2 Å². The van der Waals surface area contributed by atoms with Crippen molar-refractivity contribution in [1.29, 1.82) is 0 Å². The van der Waals surface area contributed by atoms with Crippen LogP contribution in [0.5, 0.6) is 0 Å². The third-order valence-corrected chi connectivity index (χ3v) is 4.93. The molecule has 2 fully saturated rings. The van der Waals surface area contributed by atoms with Gasteiger partial charge >= 0.3 is 5.97 Å². The molecule has 1 amide bonds. The van der Waals surface area contributed by atoms with Crippen molar-refractivity contribution in [1.82, 2.24) is 9.80 Å². The number of carboxylic acid groups (broad SMARTS) is 1. The lowest BCUT2D eigenvalue weighted by Crippen LogP contribution is -2.47. The van der Waals surface area contributed by atoms with E-state index in [9.17, 15) is 9.59 Å². The highest BCUT2D eigenvalue weighted by atomic mass is 16.4. The summed E-state index contributed by atoms with van der Waals surface area (Å²) in [6.45, 7) is 1.70. The van der Waals surface area contributed by atoms with Crippen molar-refractivity contribution in [2.45, 2.75) is 44.6 Å². The Morgan fingerprint density at radius 1 is 0.950 bits per heavy atom. The zero-order valence-corrected chi connectivity index (χ0v) is 12.5. The van der Waals surface area contributed by atoms with Crippen molar-refractivity contribution in [3.63, 3.8) is 0 Å². The summed E-state index contributed by atoms with van der Waals surface area (Å²) in [6.07, 6.45) is 4.87. The standard InChI is InChI=1S/C15H26N2O3/c1-16(2)13-7-9-17(10-8-13)14(18)11-3-5-12(6-4-11)15(19)20/h11-13H,3-10H2,1-2H3,(H,19,20). The maximum atomic E-state index is 12.5. The second-order valence-corrected chi connectivity index (χ2v) is 6.41. The van der Waals surface area contributed by atoms with Gasteiger partial charge in [0.25, 0.3) is 0 Å². The molecule has 0 unspecified atom stereocenters. The van der Waals surface area contributed by atoms with Crippen LogP contribution in [0.2, 0.25) is 0 Å². The first-order chi connectivity index (χ1) is 9.49. The molecule has 1 saturated carbocycles. The van der Waals surface area contributed by atoms with Crippen molar-refractivity contribution in [2.24, 2.45) is 11.8 Å². The van der Waals surface area contributed by atoms with E-state index in [2.05, 4.69) is 19.0 Å². The summed E-state index contributed by atoms with van der Waals surface area (Å²) < 4.78 is 0. The first-order valence-electron chi connectivity index (χ1n) is 7.67. The normalized spacial score (nSPS) is 28.6. The number of nitrogens with zero attached hydrogens (tertiary/aromatic N) is 2. The average Bonchev–Trinajstić information content (AvgIpc) is 2.46. The van der Waals surface area contributed by atoms with E-state index in [0.29, 0.717) is 18.9 Å². The number of hydrogen-bond donors (Lipinski definition) is 1. The number of hydrogen-bond acceptors (Lipinski definition) is 3. The molecule has 20 heavy (non-hydrogen) atoms. The lowest BCUT2D eigenvalue weighted by molar-refractivity contribution is -0.146. The van der Waals surface area contributed by atoms with Crippen LogP contribution in [0.25, 0.3) is 0 Å². The van der Waals surface area contributed by atoms with E-state index in [4.69, 9.17) is 5.11 Å². The van der Waals surface area contributed by atoms with Crippen LogP contribution >= 0.6 is 0 Å². The van der Waals surface area contributed by atoms with Crippen LogP contribution in [-0.4, -0.2) is 60.0 Å². The molecule has 2 aliphatic rings. The maximum absolute atomic E-state index is 12.5. The number of likely N-dealkylation sites (tertiary alicyclic amines) is 1. The second-order valence-electron chi connectivity index (χ2n) is 6.41. The Balaban J connectivity index is 1.80. The van der Waals surface area contributed by atoms with Crippen LogP contribution in [0.4, 0.5) is 0 Å². The Bertz CT molecular complexity index is 354. The number of carbonyl (C=O) groups excluding carboxylic acids is 1. The molecule has 5 nitrogen and oxygen atoms in total. The maximum Gasteiger partial charge on any atom is 0.306 e. The van der Waals surface area contributed by atoms with E-state index < -0.39 is 5.97 Å². The molecule has 0 atom stereocenters. The number of carboxylic acids is 1. The topological polar surface area (TPSA) is 60.9 Å². The molecule has 0 aromatic carbocycles. The largest absolute Gasteiger partial charge is 0.481 e. The van der Waals surface area contributed by atoms with Gasteiger partial charge in [-0.2, -0.15) is 0 Å². The lowest BCUT2D eigenvalue weighted by atomic mass is 9.81. The molecular weight excluding hydrogens is 256 g/mol. The number of rotatable bonds is 3. The minimum atomic E-state index is -0.706. The zero-order chi connectivity index (χ0) is 14.7. The highest BCUT2D eigenvalue weighted by molar-refractivity contribution is 5.79. The minimum absolute atomic E-state index is 0.0570. The number of amides is 1. The van der Waals surface area contributed by atoms with Gasteiger partial charge in [-0.05, 0) is 52.6 Å². The van der Waals surface area contributed by atoms with Crippen LogP contribution in [-0.2, 0) is 9.59 Å². The quantitative estimate of drug-likeness (QED) is 0.850. The predicted octanol–water partition coefficient (Wildman–Crippen LogP) is 1.43. The van der Waals surface area contributed by atoms with Gasteiger partial charge in [-0.1, -0.05) is 0 Å². The molecule has 0 radical (unpaired) electrons. The summed E-state index contributed by atoms with van der Waals surface area (Å²) in [5.74, 6) is -0.631. The van der Waals surface area contributed by atoms with Gasteiger partial charge in [0, 0.05) is 25.0 Å². The molecule has 1 saturated heterocycles. The van der Waals surface area contributed by atoms with E-state index in [1.807, 2.05) is 4.90 Å². The van der Waals surface area contributed by atoms with Crippen molar-refractivity contribution < 1.29 is 14.7 Å². The smallest absolute Gasteiger partial charge is 0.306 e. The van der Waals surface area contributed by atoms with Crippen molar-refractivity contribution in [3.8, 4) is 0 Å². The molecule has 1 aliphatic carbocycles. The SMILES string of the molecule is CN(C)C1CCN(C(=O)C2CCC(C(=O)O)CC2)CC1. The monoisotopic (exact) mass is 282 g/mol. The van der Waals surface area contributed by atoms with Gasteiger partial charge in [0.15, 0.2) is 0 Å². The van der Waals surface area contributed by atoms with Crippen LogP contribution in [0.15, 0.2) is 0 Å². The van der Waals surface area contributed by atoms with Gasteiger partial charge in [0.05, 0.1) is 5.92 Å². The second kappa shape index (κ2) is 6.57. The average molecular weight is 282 g/mol. The molecule has 0 aromatic rings. The molecule has 1 aliphatic heterocycles. The van der Waals surface area contributed by atoms with Gasteiger partial charge in [-0.3, -0.25) is 9.59 Å². The summed E-state index contributed by atoms with van der Waals surface area (Å²) in [4.78, 5) is 27.6. The summed E-state index contributed by atoms with van der Waals surface area (Å²) in [5.41, 5.74) is 0. The highest BCUT2D eigenvalue weighted by Crippen LogP contribution is 2.31. The Hall–Kier alpha value is -1.10. The molecule has 0 bridgehead atoms. The number of aliphatic carboxylic acids is 1. The number of piperidine rings is 1.